The van der Waals surface area contributed by atoms with Crippen molar-refractivity contribution in [3.05, 3.63) is 0 Å². The zero-order valence-electron chi connectivity index (χ0n) is 8.34. The Morgan fingerprint density at radius 3 is 2.50 bits per heavy atom. The molecule has 1 nitrogen and oxygen atoms in total. The van der Waals surface area contributed by atoms with E-state index >= 15 is 0 Å². The summed E-state index contributed by atoms with van der Waals surface area (Å²) in [6.07, 6.45) is 7.30. The van der Waals surface area contributed by atoms with Gasteiger partial charge in [0.25, 0.3) is 0 Å². The van der Waals surface area contributed by atoms with Crippen LogP contribution >= 0.6 is 0 Å². The molecule has 1 N–H and O–H groups in total. The van der Waals surface area contributed by atoms with Crippen molar-refractivity contribution in [1.29, 1.82) is 0 Å². The van der Waals surface area contributed by atoms with Gasteiger partial charge in [0.2, 0.25) is 0 Å². The molecule has 3 unspecified atom stereocenters. The minimum Gasteiger partial charge on any atom is -0.311 e. The highest BCUT2D eigenvalue weighted by Crippen LogP contribution is 2.33. The maximum absolute atomic E-state index is 3.70. The fourth-order valence-corrected chi connectivity index (χ4v) is 2.22. The molecule has 0 aliphatic heterocycles. The zero-order chi connectivity index (χ0) is 8.55. The monoisotopic (exact) mass is 167 g/mol. The Morgan fingerprint density at radius 1 is 1.42 bits per heavy atom. The van der Waals surface area contributed by atoms with E-state index in [1.165, 1.54) is 32.1 Å². The Labute approximate surface area is 75.9 Å². The molecular weight excluding hydrogens is 146 g/mol. The first-order valence-electron chi connectivity index (χ1n) is 5.51. The first-order valence-corrected chi connectivity index (χ1v) is 5.51. The lowest BCUT2D eigenvalue weighted by Crippen LogP contribution is -2.32. The second-order valence-electron chi connectivity index (χ2n) is 4.92. The van der Waals surface area contributed by atoms with Crippen LogP contribution in [0.2, 0.25) is 0 Å². The van der Waals surface area contributed by atoms with E-state index in [1.807, 2.05) is 0 Å². The van der Waals surface area contributed by atoms with Crippen molar-refractivity contribution in [2.75, 3.05) is 0 Å². The lowest BCUT2D eigenvalue weighted by Gasteiger charge is -2.28. The van der Waals surface area contributed by atoms with E-state index in [0.29, 0.717) is 0 Å². The van der Waals surface area contributed by atoms with Gasteiger partial charge in [0.1, 0.15) is 0 Å². The van der Waals surface area contributed by atoms with Crippen LogP contribution in [0.25, 0.3) is 0 Å². The van der Waals surface area contributed by atoms with Crippen molar-refractivity contribution < 1.29 is 0 Å². The van der Waals surface area contributed by atoms with Crippen LogP contribution in [-0.2, 0) is 0 Å². The molecule has 0 saturated heterocycles. The van der Waals surface area contributed by atoms with E-state index in [0.717, 1.165) is 23.9 Å². The number of hydrogen-bond acceptors (Lipinski definition) is 1. The largest absolute Gasteiger partial charge is 0.311 e. The molecule has 0 bridgehead atoms. The second-order valence-corrected chi connectivity index (χ2v) is 4.92. The first-order chi connectivity index (χ1) is 5.75. The van der Waals surface area contributed by atoms with E-state index in [1.54, 1.807) is 0 Å². The summed E-state index contributed by atoms with van der Waals surface area (Å²) >= 11 is 0. The van der Waals surface area contributed by atoms with E-state index in [9.17, 15) is 0 Å². The standard InChI is InChI=1S/C11H21N/c1-8-6-11(8)12-9(2)7-10-4-3-5-10/h8-12H,3-7H2,1-2H3. The summed E-state index contributed by atoms with van der Waals surface area (Å²) in [4.78, 5) is 0. The molecule has 0 spiro atoms. The van der Waals surface area contributed by atoms with Crippen molar-refractivity contribution in [3.63, 3.8) is 0 Å². The highest BCUT2D eigenvalue weighted by Gasteiger charge is 2.33. The molecule has 0 heterocycles. The van der Waals surface area contributed by atoms with E-state index in [-0.39, 0.29) is 0 Å². The minimum absolute atomic E-state index is 0.769. The Kier molecular flexibility index (Phi) is 2.40. The summed E-state index contributed by atoms with van der Waals surface area (Å²) in [7, 11) is 0. The minimum atomic E-state index is 0.769. The van der Waals surface area contributed by atoms with Gasteiger partial charge in [-0.25, -0.2) is 0 Å². The van der Waals surface area contributed by atoms with Crippen LogP contribution < -0.4 is 5.32 Å². The van der Waals surface area contributed by atoms with Gasteiger partial charge >= 0.3 is 0 Å². The first kappa shape index (κ1) is 8.55. The summed E-state index contributed by atoms with van der Waals surface area (Å²) in [5.74, 6) is 2.01. The third-order valence-corrected chi connectivity index (χ3v) is 3.52. The summed E-state index contributed by atoms with van der Waals surface area (Å²) in [5.41, 5.74) is 0. The molecule has 1 heteroatoms. The molecule has 2 saturated carbocycles. The molecule has 0 aromatic carbocycles. The third-order valence-electron chi connectivity index (χ3n) is 3.52. The highest BCUT2D eigenvalue weighted by molar-refractivity contribution is 4.91. The van der Waals surface area contributed by atoms with Crippen LogP contribution in [0.4, 0.5) is 0 Å². The Balaban J connectivity index is 1.60. The second kappa shape index (κ2) is 3.37. The van der Waals surface area contributed by atoms with Gasteiger partial charge in [-0.05, 0) is 31.6 Å². The van der Waals surface area contributed by atoms with Gasteiger partial charge in [0.15, 0.2) is 0 Å². The average molecular weight is 167 g/mol. The van der Waals surface area contributed by atoms with Gasteiger partial charge in [-0.15, -0.1) is 0 Å². The van der Waals surface area contributed by atoms with Crippen molar-refractivity contribution in [2.24, 2.45) is 11.8 Å². The van der Waals surface area contributed by atoms with Crippen molar-refractivity contribution in [2.45, 2.75) is 58.0 Å². The molecule has 0 amide bonds. The lowest BCUT2D eigenvalue weighted by molar-refractivity contribution is 0.264. The summed E-state index contributed by atoms with van der Waals surface area (Å²) in [5, 5.41) is 3.70. The van der Waals surface area contributed by atoms with E-state index < -0.39 is 0 Å². The van der Waals surface area contributed by atoms with Crippen molar-refractivity contribution in [1.82, 2.24) is 5.32 Å². The molecule has 2 aliphatic carbocycles. The van der Waals surface area contributed by atoms with Crippen LogP contribution in [0.15, 0.2) is 0 Å². The summed E-state index contributed by atoms with van der Waals surface area (Å²) < 4.78 is 0. The topological polar surface area (TPSA) is 12.0 Å². The maximum Gasteiger partial charge on any atom is 0.00988 e. The molecule has 3 atom stereocenters. The quantitative estimate of drug-likeness (QED) is 0.678. The summed E-state index contributed by atoms with van der Waals surface area (Å²) in [6.45, 7) is 4.69. The smallest absolute Gasteiger partial charge is 0.00988 e. The lowest BCUT2D eigenvalue weighted by atomic mass is 9.81. The Bertz CT molecular complexity index is 144. The predicted octanol–water partition coefficient (Wildman–Crippen LogP) is 2.56. The fourth-order valence-electron chi connectivity index (χ4n) is 2.22. The van der Waals surface area contributed by atoms with Crippen LogP contribution in [0, 0.1) is 11.8 Å². The van der Waals surface area contributed by atoms with Crippen LogP contribution in [0.1, 0.15) is 46.0 Å². The molecule has 0 aromatic rings. The SMILES string of the molecule is CC(CC1CCC1)NC1CC1C. The number of rotatable bonds is 4. The molecule has 0 aromatic heterocycles. The molecular formula is C11H21N. The van der Waals surface area contributed by atoms with Gasteiger partial charge < -0.3 is 5.32 Å². The predicted molar refractivity (Wildman–Crippen MR) is 52.1 cm³/mol. The molecule has 70 valence electrons. The van der Waals surface area contributed by atoms with Crippen molar-refractivity contribution in [3.8, 4) is 0 Å². The van der Waals surface area contributed by atoms with Gasteiger partial charge in [-0.2, -0.15) is 0 Å². The molecule has 2 fully saturated rings. The third kappa shape index (κ3) is 2.01. The van der Waals surface area contributed by atoms with E-state index in [2.05, 4.69) is 19.2 Å². The highest BCUT2D eigenvalue weighted by atomic mass is 15.0. The van der Waals surface area contributed by atoms with Gasteiger partial charge in [-0.1, -0.05) is 26.2 Å². The van der Waals surface area contributed by atoms with Crippen LogP contribution in [0.5, 0.6) is 0 Å². The molecule has 2 aliphatic rings. The summed E-state index contributed by atoms with van der Waals surface area (Å²) in [6, 6.07) is 1.63. The maximum atomic E-state index is 3.70. The molecule has 0 radical (unpaired) electrons. The Hall–Kier alpha value is -0.0400. The average Bonchev–Trinajstić information content (AvgIpc) is 2.58. The molecule has 2 rings (SSSR count). The van der Waals surface area contributed by atoms with Gasteiger partial charge in [0.05, 0.1) is 0 Å². The number of nitrogens with one attached hydrogen (secondary N) is 1. The van der Waals surface area contributed by atoms with E-state index in [4.69, 9.17) is 0 Å². The zero-order valence-corrected chi connectivity index (χ0v) is 8.34. The van der Waals surface area contributed by atoms with Gasteiger partial charge in [-0.3, -0.25) is 0 Å². The van der Waals surface area contributed by atoms with Crippen LogP contribution in [-0.4, -0.2) is 12.1 Å². The normalized spacial score (nSPS) is 37.5. The number of hydrogen-bond donors (Lipinski definition) is 1. The molecule has 12 heavy (non-hydrogen) atoms. The van der Waals surface area contributed by atoms with Gasteiger partial charge in [0, 0.05) is 12.1 Å². The van der Waals surface area contributed by atoms with Crippen LogP contribution in [0.3, 0.4) is 0 Å². The Morgan fingerprint density at radius 2 is 2.08 bits per heavy atom. The van der Waals surface area contributed by atoms with Crippen molar-refractivity contribution >= 4 is 0 Å². The fraction of sp³-hybridized carbons (Fsp3) is 1.00.